The molecule has 0 unspecified atom stereocenters. The van der Waals surface area contributed by atoms with E-state index in [0.717, 1.165) is 24.3 Å². The molecule has 2 rings (SSSR count). The fraction of sp³-hybridized carbons (Fsp3) is 0.474. The topological polar surface area (TPSA) is 26.8 Å². The van der Waals surface area contributed by atoms with E-state index in [-0.39, 0.29) is 5.91 Å². The molecule has 1 fully saturated rings. The Balaban J connectivity index is 2.10. The van der Waals surface area contributed by atoms with Crippen molar-refractivity contribution in [3.63, 3.8) is 0 Å². The van der Waals surface area contributed by atoms with Crippen LogP contribution in [0.5, 0.6) is 0 Å². The molecule has 0 aliphatic carbocycles. The maximum atomic E-state index is 12.8. The van der Waals surface area contributed by atoms with E-state index in [0.29, 0.717) is 52.5 Å². The fourth-order valence-corrected chi connectivity index (χ4v) is 4.95. The summed E-state index contributed by atoms with van der Waals surface area (Å²) in [7, 11) is 0. The molecule has 4 nitrogen and oxygen atoms in total. The summed E-state index contributed by atoms with van der Waals surface area (Å²) in [5.74, 6) is 1.91. The molecule has 1 amide bonds. The number of halogens is 4. The number of carbonyl (C=O) groups excluding carboxylic acids is 1. The van der Waals surface area contributed by atoms with E-state index >= 15 is 0 Å². The van der Waals surface area contributed by atoms with Gasteiger partial charge in [0.2, 0.25) is 0 Å². The number of alkyl halides is 4. The summed E-state index contributed by atoms with van der Waals surface area (Å²) in [4.78, 5) is 19.2. The number of rotatable bonds is 12. The second kappa shape index (κ2) is 13.3. The Morgan fingerprint density at radius 3 is 2.00 bits per heavy atom. The number of thioether (sulfide) groups is 1. The highest BCUT2D eigenvalue weighted by Crippen LogP contribution is 2.33. The third kappa shape index (κ3) is 7.46. The molecule has 10 heteroatoms. The Morgan fingerprint density at radius 2 is 1.48 bits per heavy atom. The number of carbonyl (C=O) groups is 1. The summed E-state index contributed by atoms with van der Waals surface area (Å²) in [6.45, 7) is 3.15. The van der Waals surface area contributed by atoms with Crippen molar-refractivity contribution in [1.82, 2.24) is 9.80 Å². The van der Waals surface area contributed by atoms with Gasteiger partial charge in [-0.15, -0.1) is 46.4 Å². The van der Waals surface area contributed by atoms with Crippen molar-refractivity contribution in [3.8, 4) is 0 Å². The van der Waals surface area contributed by atoms with Gasteiger partial charge in [0.1, 0.15) is 4.32 Å². The van der Waals surface area contributed by atoms with Crippen molar-refractivity contribution in [3.05, 3.63) is 34.7 Å². The van der Waals surface area contributed by atoms with Gasteiger partial charge in [0.05, 0.1) is 11.6 Å². The standard InChI is InChI=1S/C19H23Cl4N3OS2/c20-5-9-24(10-6-21)14-26-18(27)17(29-19(26)28)13-15-1-3-16(4-2-15)25(11-7-22)12-8-23/h1-4,13H,5-12,14H2/b17-13+. The van der Waals surface area contributed by atoms with E-state index in [1.165, 1.54) is 11.8 Å². The molecular weight excluding hydrogens is 492 g/mol. The molecule has 0 saturated carbocycles. The van der Waals surface area contributed by atoms with Crippen LogP contribution >= 0.6 is 70.4 Å². The molecule has 1 aromatic carbocycles. The molecule has 0 bridgehead atoms. The van der Waals surface area contributed by atoms with E-state index in [9.17, 15) is 4.79 Å². The number of anilines is 1. The maximum absolute atomic E-state index is 12.8. The van der Waals surface area contributed by atoms with Gasteiger partial charge in [0.25, 0.3) is 5.91 Å². The van der Waals surface area contributed by atoms with E-state index in [1.54, 1.807) is 4.90 Å². The van der Waals surface area contributed by atoms with Crippen LogP contribution in [0, 0.1) is 0 Å². The first kappa shape index (κ1) is 25.1. The van der Waals surface area contributed by atoms with Crippen LogP contribution in [0.4, 0.5) is 5.69 Å². The van der Waals surface area contributed by atoms with Crippen LogP contribution in [0.2, 0.25) is 0 Å². The minimum Gasteiger partial charge on any atom is -0.369 e. The number of nitrogens with zero attached hydrogens (tertiary/aromatic N) is 3. The highest BCUT2D eigenvalue weighted by atomic mass is 35.5. The van der Waals surface area contributed by atoms with Crippen molar-refractivity contribution in [1.29, 1.82) is 0 Å². The van der Waals surface area contributed by atoms with Crippen LogP contribution in [0.15, 0.2) is 29.2 Å². The lowest BCUT2D eigenvalue weighted by atomic mass is 10.1. The molecular formula is C19H23Cl4N3OS2. The third-order valence-electron chi connectivity index (χ3n) is 4.28. The molecule has 0 N–H and O–H groups in total. The average molecular weight is 515 g/mol. The maximum Gasteiger partial charge on any atom is 0.267 e. The number of amides is 1. The van der Waals surface area contributed by atoms with Crippen LogP contribution in [0.3, 0.4) is 0 Å². The van der Waals surface area contributed by atoms with Gasteiger partial charge in [0, 0.05) is 55.4 Å². The molecule has 1 saturated heterocycles. The van der Waals surface area contributed by atoms with Crippen molar-refractivity contribution in [2.45, 2.75) is 0 Å². The highest BCUT2D eigenvalue weighted by Gasteiger charge is 2.33. The minimum absolute atomic E-state index is 0.0934. The number of thiocarbonyl (C=S) groups is 1. The third-order valence-corrected chi connectivity index (χ3v) is 6.34. The predicted octanol–water partition coefficient (Wildman–Crippen LogP) is 4.91. The lowest BCUT2D eigenvalue weighted by Gasteiger charge is -2.25. The average Bonchev–Trinajstić information content (AvgIpc) is 2.96. The van der Waals surface area contributed by atoms with Gasteiger partial charge < -0.3 is 4.90 Å². The van der Waals surface area contributed by atoms with E-state index in [1.807, 2.05) is 35.2 Å². The normalized spacial score (nSPS) is 15.8. The van der Waals surface area contributed by atoms with Crippen molar-refractivity contribution < 1.29 is 4.79 Å². The molecule has 0 spiro atoms. The van der Waals surface area contributed by atoms with Gasteiger partial charge in [-0.05, 0) is 23.8 Å². The summed E-state index contributed by atoms with van der Waals surface area (Å²) in [6, 6.07) is 7.97. The Bertz CT molecular complexity index is 706. The molecule has 0 aromatic heterocycles. The lowest BCUT2D eigenvalue weighted by molar-refractivity contribution is -0.123. The Hall–Kier alpha value is -0.210. The summed E-state index contributed by atoms with van der Waals surface area (Å²) in [5, 5.41) is 0. The molecule has 160 valence electrons. The first-order valence-electron chi connectivity index (χ1n) is 9.10. The van der Waals surface area contributed by atoms with Gasteiger partial charge in [0.15, 0.2) is 0 Å². The molecule has 0 atom stereocenters. The zero-order chi connectivity index (χ0) is 21.2. The predicted molar refractivity (Wildman–Crippen MR) is 133 cm³/mol. The Labute approximate surface area is 202 Å². The van der Waals surface area contributed by atoms with Gasteiger partial charge in [-0.2, -0.15) is 0 Å². The summed E-state index contributed by atoms with van der Waals surface area (Å²) < 4.78 is 0.544. The number of benzene rings is 1. The SMILES string of the molecule is O=C1/C(=C\c2ccc(N(CCCl)CCCl)cc2)SC(=S)N1CN(CCCl)CCCl. The summed E-state index contributed by atoms with van der Waals surface area (Å²) in [5.41, 5.74) is 1.98. The first-order valence-corrected chi connectivity index (χ1v) is 12.5. The van der Waals surface area contributed by atoms with Crippen LogP contribution in [0.1, 0.15) is 5.56 Å². The summed E-state index contributed by atoms with van der Waals surface area (Å²) in [6.07, 6.45) is 1.87. The van der Waals surface area contributed by atoms with Crippen molar-refractivity contribution in [2.24, 2.45) is 0 Å². The van der Waals surface area contributed by atoms with E-state index < -0.39 is 0 Å². The smallest absolute Gasteiger partial charge is 0.267 e. The highest BCUT2D eigenvalue weighted by molar-refractivity contribution is 8.26. The van der Waals surface area contributed by atoms with Crippen molar-refractivity contribution in [2.75, 3.05) is 61.3 Å². The van der Waals surface area contributed by atoms with Crippen LogP contribution in [-0.2, 0) is 4.79 Å². The van der Waals surface area contributed by atoms with Crippen LogP contribution in [-0.4, -0.2) is 76.4 Å². The molecule has 29 heavy (non-hydrogen) atoms. The van der Waals surface area contributed by atoms with Gasteiger partial charge in [-0.25, -0.2) is 0 Å². The molecule has 1 aromatic rings. The zero-order valence-electron chi connectivity index (χ0n) is 15.8. The Kier molecular flexibility index (Phi) is 11.5. The van der Waals surface area contributed by atoms with Gasteiger partial charge in [-0.3, -0.25) is 14.6 Å². The number of hydrogen-bond donors (Lipinski definition) is 0. The second-order valence-corrected chi connectivity index (χ2v) is 9.39. The summed E-state index contributed by atoms with van der Waals surface area (Å²) >= 11 is 30.2. The van der Waals surface area contributed by atoms with E-state index in [2.05, 4.69) is 4.90 Å². The minimum atomic E-state index is -0.0934. The zero-order valence-corrected chi connectivity index (χ0v) is 20.5. The molecule has 1 heterocycles. The molecule has 1 aliphatic heterocycles. The largest absolute Gasteiger partial charge is 0.369 e. The van der Waals surface area contributed by atoms with Crippen molar-refractivity contribution >= 4 is 92.4 Å². The fourth-order valence-electron chi connectivity index (χ4n) is 2.82. The monoisotopic (exact) mass is 513 g/mol. The Morgan fingerprint density at radius 1 is 0.931 bits per heavy atom. The lowest BCUT2D eigenvalue weighted by Crippen LogP contribution is -2.42. The quantitative estimate of drug-likeness (QED) is 0.224. The number of hydrogen-bond acceptors (Lipinski definition) is 5. The van der Waals surface area contributed by atoms with Crippen LogP contribution in [0.25, 0.3) is 6.08 Å². The first-order chi connectivity index (χ1) is 14.0. The van der Waals surface area contributed by atoms with Gasteiger partial charge >= 0.3 is 0 Å². The molecule has 1 aliphatic rings. The van der Waals surface area contributed by atoms with Gasteiger partial charge in [-0.1, -0.05) is 36.1 Å². The molecule has 0 radical (unpaired) electrons. The van der Waals surface area contributed by atoms with E-state index in [4.69, 9.17) is 58.6 Å². The van der Waals surface area contributed by atoms with Crippen LogP contribution < -0.4 is 4.90 Å². The second-order valence-electron chi connectivity index (χ2n) is 6.20.